The first-order valence-corrected chi connectivity index (χ1v) is 18.5. The highest BCUT2D eigenvalue weighted by Gasteiger charge is 2.62. The van der Waals surface area contributed by atoms with Gasteiger partial charge in [-0.3, -0.25) is 19.1 Å². The molecule has 3 aliphatic rings. The molecule has 1 aliphatic heterocycles. The van der Waals surface area contributed by atoms with E-state index in [1.54, 1.807) is 32.0 Å². The molecule has 1 saturated heterocycles. The Balaban J connectivity index is 1.44. The van der Waals surface area contributed by atoms with Crippen molar-refractivity contribution in [3.05, 3.63) is 42.1 Å². The summed E-state index contributed by atoms with van der Waals surface area (Å²) in [5.74, 6) is -2.24. The van der Waals surface area contributed by atoms with Crippen LogP contribution in [0.1, 0.15) is 60.3 Å². The van der Waals surface area contributed by atoms with Gasteiger partial charge in [-0.25, -0.2) is 18.2 Å². The third kappa shape index (κ3) is 7.93. The third-order valence-electron chi connectivity index (χ3n) is 9.08. The summed E-state index contributed by atoms with van der Waals surface area (Å²) in [6.45, 7) is 12.7. The van der Waals surface area contributed by atoms with Crippen LogP contribution < -0.4 is 30.1 Å². The number of hydrogen-bond acceptors (Lipinski definition) is 9. The number of pyridine rings is 1. The summed E-state index contributed by atoms with van der Waals surface area (Å²) < 4.78 is 39.2. The molecule has 0 bridgehead atoms. The second kappa shape index (κ2) is 13.9. The number of benzene rings is 1. The minimum absolute atomic E-state index is 0.00315. The van der Waals surface area contributed by atoms with Crippen LogP contribution in [0.25, 0.3) is 10.8 Å². The second-order valence-electron chi connectivity index (χ2n) is 14.6. The van der Waals surface area contributed by atoms with E-state index in [1.807, 2.05) is 20.8 Å². The van der Waals surface area contributed by atoms with Crippen molar-refractivity contribution in [2.75, 3.05) is 13.7 Å². The number of carbonyl (C=O) groups is 4. The minimum atomic E-state index is -3.90. The van der Waals surface area contributed by atoms with Gasteiger partial charge < -0.3 is 30.3 Å². The van der Waals surface area contributed by atoms with Crippen molar-refractivity contribution in [3.63, 3.8) is 0 Å². The number of rotatable bonds is 12. The number of amides is 5. The van der Waals surface area contributed by atoms with Crippen LogP contribution in [-0.2, 0) is 24.4 Å². The first-order valence-electron chi connectivity index (χ1n) is 16.6. The predicted molar refractivity (Wildman–Crippen MR) is 187 cm³/mol. The maximum absolute atomic E-state index is 14.3. The second-order valence-corrected chi connectivity index (χ2v) is 17.0. The van der Waals surface area contributed by atoms with Gasteiger partial charge in [0.15, 0.2) is 0 Å². The lowest BCUT2D eigenvalue weighted by atomic mass is 10.0. The Morgan fingerprint density at radius 3 is 2.44 bits per heavy atom. The molecule has 0 unspecified atom stereocenters. The van der Waals surface area contributed by atoms with E-state index in [1.165, 1.54) is 24.3 Å². The summed E-state index contributed by atoms with van der Waals surface area (Å²) >= 11 is 6.31. The number of methoxy groups -OCH3 is 1. The van der Waals surface area contributed by atoms with Gasteiger partial charge in [-0.2, -0.15) is 0 Å². The fraction of sp³-hybridized carbons (Fsp3) is 0.559. The number of nitrogens with one attached hydrogen (secondary N) is 4. The third-order valence-corrected chi connectivity index (χ3v) is 11.1. The van der Waals surface area contributed by atoms with Crippen molar-refractivity contribution in [1.29, 1.82) is 0 Å². The van der Waals surface area contributed by atoms with E-state index < -0.39 is 74.2 Å². The van der Waals surface area contributed by atoms with E-state index in [0.29, 0.717) is 34.4 Å². The van der Waals surface area contributed by atoms with E-state index in [9.17, 15) is 27.6 Å². The zero-order chi connectivity index (χ0) is 36.8. The molecule has 1 aromatic carbocycles. The molecule has 5 amide bonds. The molecule has 14 nitrogen and oxygen atoms in total. The number of urea groups is 1. The van der Waals surface area contributed by atoms with Crippen molar-refractivity contribution in [3.8, 4) is 11.6 Å². The molecule has 2 heterocycles. The molecule has 2 aliphatic carbocycles. The normalized spacial score (nSPS) is 23.9. The van der Waals surface area contributed by atoms with Gasteiger partial charge in [-0.15, -0.1) is 6.58 Å². The molecular weight excluding hydrogens is 688 g/mol. The van der Waals surface area contributed by atoms with Crippen LogP contribution in [-0.4, -0.2) is 90.2 Å². The molecule has 0 radical (unpaired) electrons. The fourth-order valence-electron chi connectivity index (χ4n) is 6.18. The van der Waals surface area contributed by atoms with E-state index in [-0.39, 0.29) is 31.2 Å². The Bertz CT molecular complexity index is 1810. The van der Waals surface area contributed by atoms with Gasteiger partial charge in [0.25, 0.3) is 5.91 Å². The smallest absolute Gasteiger partial charge is 0.315 e. The Morgan fingerprint density at radius 2 is 1.86 bits per heavy atom. The van der Waals surface area contributed by atoms with Gasteiger partial charge in [0, 0.05) is 33.7 Å². The van der Waals surface area contributed by atoms with E-state index in [0.717, 1.165) is 0 Å². The SMILES string of the molecule is C=C[C@@H]1C[C@]1(NC(=O)[C@@H]1C[C@@H](Oc2ncc(OC)c3ccc(Cl)cc23)CN1C(=O)[C@@H](NC(=O)NC(C)(C)C)C(C)C)C(=O)NS(=O)(=O)C1CC1. The van der Waals surface area contributed by atoms with Crippen LogP contribution in [0.4, 0.5) is 4.79 Å². The van der Waals surface area contributed by atoms with Crippen molar-refractivity contribution >= 4 is 56.1 Å². The van der Waals surface area contributed by atoms with Crippen molar-refractivity contribution < 1.29 is 37.1 Å². The molecular formula is C34H45ClN6O8S. The zero-order valence-corrected chi connectivity index (χ0v) is 30.6. The zero-order valence-electron chi connectivity index (χ0n) is 29.0. The highest BCUT2D eigenvalue weighted by molar-refractivity contribution is 7.91. The van der Waals surface area contributed by atoms with Gasteiger partial charge in [0.2, 0.25) is 27.7 Å². The number of ether oxygens (including phenoxy) is 2. The summed E-state index contributed by atoms with van der Waals surface area (Å²) in [7, 11) is -2.38. The maximum Gasteiger partial charge on any atom is 0.315 e. The molecule has 4 N–H and O–H groups in total. The highest BCUT2D eigenvalue weighted by Crippen LogP contribution is 2.45. The standard InChI is InChI=1S/C34H45ClN6O8S/c1-8-19-15-34(19,31(44)40-50(46,47)22-10-11-22)38-28(42)25-14-21(49-29-24-13-20(35)9-12-23(24)26(48-7)16-36-29)17-41(25)30(43)27(18(2)3)37-32(45)39-33(4,5)6/h8-9,12-13,16,18-19,21-22,25,27H,1,10-11,14-15,17H2,2-7H3,(H,38,42)(H,40,44)(H2,37,39,45)/t19-,21-,25+,27+,34-/m1/s1. The molecule has 5 rings (SSSR count). The number of carbonyl (C=O) groups excluding carboxylic acids is 4. The van der Waals surface area contributed by atoms with Gasteiger partial charge in [0.1, 0.15) is 29.5 Å². The van der Waals surface area contributed by atoms with E-state index >= 15 is 0 Å². The summed E-state index contributed by atoms with van der Waals surface area (Å²) in [6, 6.07) is 2.43. The average molecular weight is 733 g/mol. The number of sulfonamides is 1. The van der Waals surface area contributed by atoms with E-state index in [4.69, 9.17) is 21.1 Å². The van der Waals surface area contributed by atoms with Crippen LogP contribution in [0.5, 0.6) is 11.6 Å². The number of hydrogen-bond donors (Lipinski definition) is 4. The minimum Gasteiger partial charge on any atom is -0.494 e. The molecule has 5 atom stereocenters. The topological polar surface area (TPSA) is 185 Å². The number of halogens is 1. The predicted octanol–water partition coefficient (Wildman–Crippen LogP) is 3.04. The number of aromatic nitrogens is 1. The van der Waals surface area contributed by atoms with Gasteiger partial charge in [-0.05, 0) is 64.2 Å². The Hall–Kier alpha value is -4.11. The Morgan fingerprint density at radius 1 is 1.16 bits per heavy atom. The summed E-state index contributed by atoms with van der Waals surface area (Å²) in [4.78, 5) is 60.5. The number of likely N-dealkylation sites (tertiary alicyclic amines) is 1. The highest BCUT2D eigenvalue weighted by atomic mass is 35.5. The lowest BCUT2D eigenvalue weighted by Crippen LogP contribution is -2.60. The van der Waals surface area contributed by atoms with Crippen LogP contribution >= 0.6 is 11.6 Å². The average Bonchev–Trinajstić information content (AvgIpc) is 3.95. The summed E-state index contributed by atoms with van der Waals surface area (Å²) in [5, 5.41) is 9.36. The van der Waals surface area contributed by atoms with Crippen LogP contribution in [0.15, 0.2) is 37.1 Å². The molecule has 16 heteroatoms. The van der Waals surface area contributed by atoms with Crippen molar-refractivity contribution in [2.24, 2.45) is 11.8 Å². The monoisotopic (exact) mass is 732 g/mol. The van der Waals surface area contributed by atoms with E-state index in [2.05, 4.69) is 32.2 Å². The Labute approximate surface area is 297 Å². The largest absolute Gasteiger partial charge is 0.494 e. The lowest BCUT2D eigenvalue weighted by molar-refractivity contribution is -0.141. The molecule has 50 heavy (non-hydrogen) atoms. The first kappa shape index (κ1) is 37.2. The lowest BCUT2D eigenvalue weighted by Gasteiger charge is -2.32. The summed E-state index contributed by atoms with van der Waals surface area (Å²) in [5.41, 5.74) is -2.13. The molecule has 1 aromatic heterocycles. The maximum atomic E-state index is 14.3. The first-order chi connectivity index (χ1) is 23.4. The van der Waals surface area contributed by atoms with Gasteiger partial charge >= 0.3 is 6.03 Å². The molecule has 272 valence electrons. The number of fused-ring (bicyclic) bond motifs is 1. The van der Waals surface area contributed by atoms with Crippen LogP contribution in [0.2, 0.25) is 5.02 Å². The van der Waals surface area contributed by atoms with Gasteiger partial charge in [0.05, 0.1) is 25.1 Å². The Kier molecular flexibility index (Phi) is 10.3. The van der Waals surface area contributed by atoms with Crippen LogP contribution in [0.3, 0.4) is 0 Å². The van der Waals surface area contributed by atoms with Crippen LogP contribution in [0, 0.1) is 11.8 Å². The van der Waals surface area contributed by atoms with Crippen molar-refractivity contribution in [1.82, 2.24) is 30.6 Å². The fourth-order valence-corrected chi connectivity index (χ4v) is 7.72. The number of nitrogens with zero attached hydrogens (tertiary/aromatic N) is 2. The molecule has 2 saturated carbocycles. The van der Waals surface area contributed by atoms with Gasteiger partial charge in [-0.1, -0.05) is 31.5 Å². The van der Waals surface area contributed by atoms with Crippen molar-refractivity contribution in [2.45, 2.75) is 94.8 Å². The summed E-state index contributed by atoms with van der Waals surface area (Å²) in [6.07, 6.45) is 3.30. The molecule has 2 aromatic rings. The molecule has 3 fully saturated rings. The quantitative estimate of drug-likeness (QED) is 0.238. The molecule has 0 spiro atoms.